The smallest absolute Gasteiger partial charge is 0.339 e. The van der Waals surface area contributed by atoms with Crippen LogP contribution in [-0.2, 0) is 10.1 Å². The Kier molecular flexibility index (Phi) is 4.00. The van der Waals surface area contributed by atoms with E-state index in [2.05, 4.69) is 0 Å². The lowest BCUT2D eigenvalue weighted by atomic mass is 10.1. The van der Waals surface area contributed by atoms with Crippen molar-refractivity contribution in [2.75, 3.05) is 0 Å². The molecule has 0 amide bonds. The van der Waals surface area contributed by atoms with Crippen molar-refractivity contribution >= 4 is 31.9 Å². The van der Waals surface area contributed by atoms with E-state index in [9.17, 15) is 13.2 Å². The second kappa shape index (κ2) is 6.25. The van der Waals surface area contributed by atoms with Gasteiger partial charge in [0.2, 0.25) is 0 Å². The molecule has 5 nitrogen and oxygen atoms in total. The summed E-state index contributed by atoms with van der Waals surface area (Å²) in [4.78, 5) is 11.6. The summed E-state index contributed by atoms with van der Waals surface area (Å²) >= 11 is 0. The van der Waals surface area contributed by atoms with Crippen LogP contribution in [0.1, 0.15) is 11.1 Å². The molecule has 27 heavy (non-hydrogen) atoms. The van der Waals surface area contributed by atoms with Gasteiger partial charge >= 0.3 is 15.7 Å². The molecule has 1 heterocycles. The predicted molar refractivity (Wildman–Crippen MR) is 104 cm³/mol. The minimum atomic E-state index is -4.01. The van der Waals surface area contributed by atoms with E-state index in [0.717, 1.165) is 10.8 Å². The summed E-state index contributed by atoms with van der Waals surface area (Å²) < 4.78 is 36.1. The number of fused-ring (bicyclic) bond motifs is 2. The normalized spacial score (nSPS) is 11.8. The Balaban J connectivity index is 1.79. The first-order chi connectivity index (χ1) is 12.8. The monoisotopic (exact) mass is 380 g/mol. The van der Waals surface area contributed by atoms with Gasteiger partial charge in [-0.05, 0) is 60.0 Å². The maximum Gasteiger partial charge on any atom is 0.339 e. The molecule has 136 valence electrons. The minimum absolute atomic E-state index is 0.0806. The molecule has 3 aromatic carbocycles. The Morgan fingerprint density at radius 1 is 0.852 bits per heavy atom. The molecule has 0 atom stereocenters. The number of hydrogen-bond acceptors (Lipinski definition) is 5. The van der Waals surface area contributed by atoms with Crippen LogP contribution in [0.25, 0.3) is 21.7 Å². The first-order valence-electron chi connectivity index (χ1n) is 8.32. The average molecular weight is 380 g/mol. The van der Waals surface area contributed by atoms with Crippen molar-refractivity contribution in [1.82, 2.24) is 0 Å². The third kappa shape index (κ3) is 3.19. The van der Waals surface area contributed by atoms with Crippen LogP contribution in [-0.4, -0.2) is 8.42 Å². The molecule has 0 radical (unpaired) electrons. The molecule has 0 spiro atoms. The van der Waals surface area contributed by atoms with E-state index in [1.165, 1.54) is 12.1 Å². The van der Waals surface area contributed by atoms with Crippen molar-refractivity contribution in [3.05, 3.63) is 82.2 Å². The summed E-state index contributed by atoms with van der Waals surface area (Å²) in [6, 6.07) is 16.9. The van der Waals surface area contributed by atoms with Crippen LogP contribution in [0, 0.1) is 13.8 Å². The van der Waals surface area contributed by atoms with E-state index in [-0.39, 0.29) is 10.6 Å². The van der Waals surface area contributed by atoms with E-state index in [1.807, 2.05) is 24.3 Å². The molecule has 0 unspecified atom stereocenters. The van der Waals surface area contributed by atoms with Crippen molar-refractivity contribution in [2.24, 2.45) is 0 Å². The van der Waals surface area contributed by atoms with Crippen LogP contribution >= 0.6 is 0 Å². The van der Waals surface area contributed by atoms with Gasteiger partial charge in [-0.3, -0.25) is 0 Å². The van der Waals surface area contributed by atoms with Crippen LogP contribution in [0.15, 0.2) is 74.8 Å². The SMILES string of the molecule is Cc1cc2oc(=O)cc(C)c2cc1OS(=O)(=O)c1ccc2ccccc2c1. The maximum absolute atomic E-state index is 12.8. The quantitative estimate of drug-likeness (QED) is 0.391. The zero-order chi connectivity index (χ0) is 19.2. The number of benzene rings is 3. The van der Waals surface area contributed by atoms with Crippen molar-refractivity contribution in [2.45, 2.75) is 18.7 Å². The maximum atomic E-state index is 12.8. The Bertz CT molecular complexity index is 1350. The standard InChI is InChI=1S/C21H16O5S/c1-13-10-21(22)25-20-9-14(2)19(12-18(13)20)26-27(23,24)17-8-7-15-5-3-4-6-16(15)11-17/h3-12H,1-2H3. The van der Waals surface area contributed by atoms with Gasteiger partial charge in [-0.2, -0.15) is 8.42 Å². The second-order valence-corrected chi connectivity index (χ2v) is 7.96. The molecule has 0 saturated carbocycles. The topological polar surface area (TPSA) is 73.6 Å². The molecule has 0 aliphatic heterocycles. The molecular formula is C21H16O5S. The highest BCUT2D eigenvalue weighted by Crippen LogP contribution is 2.30. The largest absolute Gasteiger partial charge is 0.423 e. The second-order valence-electron chi connectivity index (χ2n) is 6.41. The molecule has 0 saturated heterocycles. The van der Waals surface area contributed by atoms with Gasteiger partial charge in [0, 0.05) is 11.5 Å². The molecule has 0 aliphatic carbocycles. The Labute approximate surface area is 155 Å². The van der Waals surface area contributed by atoms with Crippen molar-refractivity contribution < 1.29 is 17.0 Å². The lowest BCUT2D eigenvalue weighted by molar-refractivity contribution is 0.484. The van der Waals surface area contributed by atoms with Crippen LogP contribution in [0.5, 0.6) is 5.75 Å². The number of rotatable bonds is 3. The van der Waals surface area contributed by atoms with Crippen LogP contribution in [0.4, 0.5) is 0 Å². The van der Waals surface area contributed by atoms with E-state index in [1.54, 1.807) is 38.1 Å². The fourth-order valence-electron chi connectivity index (χ4n) is 3.03. The minimum Gasteiger partial charge on any atom is -0.423 e. The van der Waals surface area contributed by atoms with Gasteiger partial charge in [0.15, 0.2) is 0 Å². The lowest BCUT2D eigenvalue weighted by Crippen LogP contribution is -2.10. The number of aryl methyl sites for hydroxylation is 2. The molecule has 6 heteroatoms. The van der Waals surface area contributed by atoms with Gasteiger partial charge in [0.25, 0.3) is 0 Å². The molecule has 0 N–H and O–H groups in total. The van der Waals surface area contributed by atoms with Crippen molar-refractivity contribution in [3.8, 4) is 5.75 Å². The molecule has 0 fully saturated rings. The highest BCUT2D eigenvalue weighted by Gasteiger charge is 2.19. The highest BCUT2D eigenvalue weighted by atomic mass is 32.2. The molecule has 1 aromatic heterocycles. The van der Waals surface area contributed by atoms with Crippen LogP contribution in [0.3, 0.4) is 0 Å². The predicted octanol–water partition coefficient (Wildman–Crippen LogP) is 4.33. The van der Waals surface area contributed by atoms with E-state index >= 15 is 0 Å². The fraction of sp³-hybridized carbons (Fsp3) is 0.0952. The van der Waals surface area contributed by atoms with Gasteiger partial charge in [0.1, 0.15) is 16.2 Å². The summed E-state index contributed by atoms with van der Waals surface area (Å²) in [6.07, 6.45) is 0. The zero-order valence-electron chi connectivity index (χ0n) is 14.7. The highest BCUT2D eigenvalue weighted by molar-refractivity contribution is 7.87. The fourth-order valence-corrected chi connectivity index (χ4v) is 4.04. The van der Waals surface area contributed by atoms with Crippen LogP contribution < -0.4 is 9.81 Å². The average Bonchev–Trinajstić information content (AvgIpc) is 2.62. The molecule has 4 aromatic rings. The zero-order valence-corrected chi connectivity index (χ0v) is 15.5. The Morgan fingerprint density at radius 3 is 2.37 bits per heavy atom. The van der Waals surface area contributed by atoms with Gasteiger partial charge in [0.05, 0.1) is 0 Å². The summed E-state index contributed by atoms with van der Waals surface area (Å²) in [6.45, 7) is 3.46. The lowest BCUT2D eigenvalue weighted by Gasteiger charge is -2.11. The number of hydrogen-bond donors (Lipinski definition) is 0. The first-order valence-corrected chi connectivity index (χ1v) is 9.73. The summed E-state index contributed by atoms with van der Waals surface area (Å²) in [5.41, 5.74) is 1.19. The Morgan fingerprint density at radius 2 is 1.59 bits per heavy atom. The van der Waals surface area contributed by atoms with Gasteiger partial charge in [-0.1, -0.05) is 30.3 Å². The third-order valence-corrected chi connectivity index (χ3v) is 5.69. The first kappa shape index (κ1) is 17.3. The molecular weight excluding hydrogens is 364 g/mol. The Hall–Kier alpha value is -3.12. The van der Waals surface area contributed by atoms with Gasteiger partial charge in [-0.15, -0.1) is 0 Å². The van der Waals surface area contributed by atoms with Crippen LogP contribution in [0.2, 0.25) is 0 Å². The molecule has 0 bridgehead atoms. The van der Waals surface area contributed by atoms with Crippen molar-refractivity contribution in [3.63, 3.8) is 0 Å². The van der Waals surface area contributed by atoms with E-state index < -0.39 is 15.7 Å². The summed E-state index contributed by atoms with van der Waals surface area (Å²) in [5.74, 6) is 0.201. The van der Waals surface area contributed by atoms with E-state index in [0.29, 0.717) is 22.1 Å². The van der Waals surface area contributed by atoms with E-state index in [4.69, 9.17) is 8.60 Å². The van der Waals surface area contributed by atoms with Gasteiger partial charge in [-0.25, -0.2) is 4.79 Å². The summed E-state index contributed by atoms with van der Waals surface area (Å²) in [7, 11) is -4.01. The summed E-state index contributed by atoms with van der Waals surface area (Å²) in [5, 5.41) is 2.39. The molecule has 4 rings (SSSR count). The van der Waals surface area contributed by atoms with Crippen molar-refractivity contribution in [1.29, 1.82) is 0 Å². The molecule has 0 aliphatic rings. The third-order valence-electron chi connectivity index (χ3n) is 4.46. The van der Waals surface area contributed by atoms with Gasteiger partial charge < -0.3 is 8.60 Å².